The van der Waals surface area contributed by atoms with Gasteiger partial charge >= 0.3 is 5.97 Å². The van der Waals surface area contributed by atoms with Gasteiger partial charge in [-0.25, -0.2) is 14.8 Å². The molecule has 4 aromatic rings. The average molecular weight is 713 g/mol. The second kappa shape index (κ2) is 12.9. The molecule has 0 saturated carbocycles. The van der Waals surface area contributed by atoms with Crippen LogP contribution >= 0.6 is 39.0 Å². The second-order valence-electron chi connectivity index (χ2n) is 10.2. The van der Waals surface area contributed by atoms with Crippen molar-refractivity contribution in [2.75, 3.05) is 7.11 Å². The van der Waals surface area contributed by atoms with E-state index in [0.29, 0.717) is 42.4 Å². The van der Waals surface area contributed by atoms with Crippen molar-refractivity contribution in [1.82, 2.24) is 14.5 Å². The van der Waals surface area contributed by atoms with E-state index < -0.39 is 28.6 Å². The number of ether oxygens (including phenoxy) is 2. The third-order valence-electron chi connectivity index (χ3n) is 6.62. The maximum Gasteiger partial charge on any atom is 0.338 e. The zero-order chi connectivity index (χ0) is 32.6. The van der Waals surface area contributed by atoms with E-state index in [4.69, 9.17) is 9.47 Å². The number of hydrogen-bond acceptors (Lipinski definition) is 11. The van der Waals surface area contributed by atoms with Crippen molar-refractivity contribution in [1.29, 1.82) is 0 Å². The number of aromatic nitrogens is 3. The van der Waals surface area contributed by atoms with E-state index in [1.807, 2.05) is 0 Å². The minimum absolute atomic E-state index is 0.181. The fraction of sp³-hybridized carbons (Fsp3) is 0.233. The Hall–Kier alpha value is -4.34. The van der Waals surface area contributed by atoms with Gasteiger partial charge in [-0.3, -0.25) is 24.3 Å². The number of carbonyl (C=O) groups is 1. The molecule has 0 saturated heterocycles. The van der Waals surface area contributed by atoms with E-state index >= 15 is 0 Å². The number of nitrogens with zero attached hydrogens (tertiary/aromatic N) is 4. The normalized spacial score (nSPS) is 14.7. The zero-order valence-electron chi connectivity index (χ0n) is 24.6. The lowest BCUT2D eigenvalue weighted by molar-refractivity contribution is -0.384. The first kappa shape index (κ1) is 32.1. The Morgan fingerprint density at radius 3 is 2.62 bits per heavy atom. The number of H-pyrrole nitrogens is 1. The Morgan fingerprint density at radius 2 is 1.96 bits per heavy atom. The molecule has 0 radical (unpaired) electrons. The molecule has 0 aliphatic carbocycles. The Bertz CT molecular complexity index is 2140. The smallest absolute Gasteiger partial charge is 0.338 e. The first-order valence-electron chi connectivity index (χ1n) is 13.5. The highest BCUT2D eigenvalue weighted by Gasteiger charge is 2.35. The molecule has 0 bridgehead atoms. The predicted octanol–water partition coefficient (Wildman–Crippen LogP) is 4.41. The minimum Gasteiger partial charge on any atom is -0.496 e. The van der Waals surface area contributed by atoms with E-state index in [2.05, 4.69) is 30.9 Å². The number of esters is 1. The summed E-state index contributed by atoms with van der Waals surface area (Å²) >= 11 is 5.66. The van der Waals surface area contributed by atoms with Crippen molar-refractivity contribution in [3.8, 4) is 5.75 Å². The number of allylic oxidation sites excluding steroid dienone is 1. The molecular formula is C30H26BrN5O7S2. The summed E-state index contributed by atoms with van der Waals surface area (Å²) in [6, 6.07) is 9.91. The number of nitrogens with one attached hydrogen (secondary N) is 1. The maximum atomic E-state index is 14.2. The molecule has 0 unspecified atom stereocenters. The van der Waals surface area contributed by atoms with E-state index in [1.54, 1.807) is 45.9 Å². The lowest BCUT2D eigenvalue weighted by Gasteiger charge is -2.26. The SMILES string of the molecule is COc1ccc(Br)cc1[C@@H]1C(C(=O)OC(C)C)=C(C)N=c2s/c(=C\c3cc([N+](=O)[O-])ccc3Sc3nc(C)cc(=O)[nH]3)c(=O)n21. The van der Waals surface area contributed by atoms with E-state index in [9.17, 15) is 24.5 Å². The van der Waals surface area contributed by atoms with Crippen LogP contribution in [0, 0.1) is 17.0 Å². The molecule has 15 heteroatoms. The van der Waals surface area contributed by atoms with Gasteiger partial charge in [0.1, 0.15) is 11.8 Å². The molecule has 0 fully saturated rings. The number of thiazole rings is 1. The number of aryl methyl sites for hydroxylation is 1. The van der Waals surface area contributed by atoms with E-state index in [-0.39, 0.29) is 26.5 Å². The number of rotatable bonds is 8. The van der Waals surface area contributed by atoms with Crippen molar-refractivity contribution in [3.05, 3.63) is 115 Å². The molecule has 12 nitrogen and oxygen atoms in total. The van der Waals surface area contributed by atoms with Crippen LogP contribution in [-0.2, 0) is 9.53 Å². The van der Waals surface area contributed by atoms with E-state index in [0.717, 1.165) is 23.1 Å². The number of benzene rings is 2. The number of aromatic amines is 1. The van der Waals surface area contributed by atoms with Crippen LogP contribution in [-0.4, -0.2) is 38.6 Å². The van der Waals surface area contributed by atoms with Gasteiger partial charge in [-0.15, -0.1) is 0 Å². The first-order chi connectivity index (χ1) is 21.4. The summed E-state index contributed by atoms with van der Waals surface area (Å²) in [7, 11) is 1.50. The number of nitro groups is 1. The van der Waals surface area contributed by atoms with Crippen LogP contribution in [0.15, 0.2) is 82.8 Å². The van der Waals surface area contributed by atoms with Crippen LogP contribution in [0.25, 0.3) is 6.08 Å². The van der Waals surface area contributed by atoms with Gasteiger partial charge in [0.05, 0.1) is 33.9 Å². The molecule has 5 rings (SSSR count). The highest BCUT2D eigenvalue weighted by Crippen LogP contribution is 2.37. The molecule has 2 aromatic carbocycles. The van der Waals surface area contributed by atoms with Gasteiger partial charge in [0, 0.05) is 38.8 Å². The van der Waals surface area contributed by atoms with Crippen molar-refractivity contribution in [2.24, 2.45) is 4.99 Å². The standard InChI is InChI=1S/C30H26BrN5O7S2/c1-14(2)43-28(39)25-16(4)33-30-35(26(25)20-13-18(31)6-8-21(20)42-5)27(38)23(45-30)12-17-11-19(36(40)41)7-9-22(17)44-29-32-15(3)10-24(37)34-29/h6-14,26H,1-5H3,(H,32,34,37)/b23-12-/t26-/m1/s1. The summed E-state index contributed by atoms with van der Waals surface area (Å²) in [5.74, 6) is -0.177. The van der Waals surface area contributed by atoms with Gasteiger partial charge in [-0.2, -0.15) is 0 Å². The molecule has 0 spiro atoms. The van der Waals surface area contributed by atoms with Crippen molar-refractivity contribution in [2.45, 2.75) is 49.9 Å². The van der Waals surface area contributed by atoms with Crippen LogP contribution in [0.5, 0.6) is 5.75 Å². The van der Waals surface area contributed by atoms with Crippen LogP contribution in [0.1, 0.15) is 43.6 Å². The molecule has 1 aliphatic heterocycles. The van der Waals surface area contributed by atoms with E-state index in [1.165, 1.54) is 42.0 Å². The van der Waals surface area contributed by atoms with Gasteiger partial charge in [0.15, 0.2) is 9.96 Å². The topological polar surface area (TPSA) is 159 Å². The molecule has 1 N–H and O–H groups in total. The predicted molar refractivity (Wildman–Crippen MR) is 173 cm³/mol. The number of carbonyl (C=O) groups excluding carboxylic acids is 1. The molecule has 1 atom stereocenters. The average Bonchev–Trinajstić information content (AvgIpc) is 3.26. The van der Waals surface area contributed by atoms with Gasteiger partial charge in [0.25, 0.3) is 16.8 Å². The molecule has 3 heterocycles. The van der Waals surface area contributed by atoms with Crippen LogP contribution in [0.4, 0.5) is 5.69 Å². The number of fused-ring (bicyclic) bond motifs is 1. The lowest BCUT2D eigenvalue weighted by atomic mass is 9.95. The van der Waals surface area contributed by atoms with Crippen molar-refractivity contribution < 1.29 is 19.2 Å². The van der Waals surface area contributed by atoms with Crippen LogP contribution in [0.2, 0.25) is 0 Å². The van der Waals surface area contributed by atoms with Crippen molar-refractivity contribution >= 4 is 56.8 Å². The Balaban J connectivity index is 1.75. The number of methoxy groups -OCH3 is 1. The van der Waals surface area contributed by atoms with Gasteiger partial charge in [-0.05, 0) is 63.6 Å². The fourth-order valence-corrected chi connectivity index (χ4v) is 7.11. The zero-order valence-corrected chi connectivity index (χ0v) is 27.8. The van der Waals surface area contributed by atoms with Crippen LogP contribution < -0.4 is 25.2 Å². The molecule has 1 aliphatic rings. The summed E-state index contributed by atoms with van der Waals surface area (Å²) in [5.41, 5.74) is 0.950. The number of hydrogen-bond donors (Lipinski definition) is 1. The monoisotopic (exact) mass is 711 g/mol. The fourth-order valence-electron chi connectivity index (χ4n) is 4.77. The summed E-state index contributed by atoms with van der Waals surface area (Å²) in [4.78, 5) is 63.3. The third kappa shape index (κ3) is 6.70. The Morgan fingerprint density at radius 1 is 1.20 bits per heavy atom. The molecule has 232 valence electrons. The quantitative estimate of drug-likeness (QED) is 0.121. The van der Waals surface area contributed by atoms with Crippen molar-refractivity contribution in [3.63, 3.8) is 0 Å². The molecule has 0 amide bonds. The maximum absolute atomic E-state index is 14.2. The summed E-state index contributed by atoms with van der Waals surface area (Å²) < 4.78 is 13.5. The minimum atomic E-state index is -0.942. The van der Waals surface area contributed by atoms with Gasteiger partial charge in [-0.1, -0.05) is 39.0 Å². The number of nitro benzene ring substituents is 1. The summed E-state index contributed by atoms with van der Waals surface area (Å²) in [5, 5.41) is 12.0. The van der Waals surface area contributed by atoms with Crippen LogP contribution in [0.3, 0.4) is 0 Å². The van der Waals surface area contributed by atoms with Gasteiger partial charge in [0.2, 0.25) is 0 Å². The summed E-state index contributed by atoms with van der Waals surface area (Å²) in [6.45, 7) is 6.82. The Labute approximate surface area is 272 Å². The second-order valence-corrected chi connectivity index (χ2v) is 13.2. The molecule has 45 heavy (non-hydrogen) atoms. The highest BCUT2D eigenvalue weighted by molar-refractivity contribution is 9.10. The first-order valence-corrected chi connectivity index (χ1v) is 15.9. The largest absolute Gasteiger partial charge is 0.496 e. The number of halogens is 1. The number of non-ortho nitro benzene ring substituents is 1. The molecule has 2 aromatic heterocycles. The summed E-state index contributed by atoms with van der Waals surface area (Å²) in [6.07, 6.45) is 1.11. The lowest BCUT2D eigenvalue weighted by Crippen LogP contribution is -2.40. The third-order valence-corrected chi connectivity index (χ3v) is 9.07. The molecular weight excluding hydrogens is 686 g/mol. The highest BCUT2D eigenvalue weighted by atomic mass is 79.9. The Kier molecular flexibility index (Phi) is 9.23. The van der Waals surface area contributed by atoms with Gasteiger partial charge < -0.3 is 14.5 Å².